The average molecular weight is 685 g/mol. The van der Waals surface area contributed by atoms with E-state index >= 15 is 0 Å². The van der Waals surface area contributed by atoms with Crippen LogP contribution in [0.1, 0.15) is 49.4 Å². The molecule has 0 radical (unpaired) electrons. The van der Waals surface area contributed by atoms with Crippen LogP contribution in [0.25, 0.3) is 62.5 Å². The molecule has 53 heavy (non-hydrogen) atoms. The van der Waals surface area contributed by atoms with Crippen LogP contribution in [-0.2, 0) is 5.41 Å². The Morgan fingerprint density at radius 2 is 1.21 bits per heavy atom. The lowest BCUT2D eigenvalue weighted by Gasteiger charge is -2.34. The first-order chi connectivity index (χ1) is 25.9. The second kappa shape index (κ2) is 13.4. The molecular weight excluding hydrogens is 645 g/mol. The predicted octanol–water partition coefficient (Wildman–Crippen LogP) is 11.7. The minimum Gasteiger partial charge on any atom is -0.286 e. The van der Waals surface area contributed by atoms with Gasteiger partial charge in [0.25, 0.3) is 0 Å². The highest BCUT2D eigenvalue weighted by molar-refractivity contribution is 5.94. The van der Waals surface area contributed by atoms with Crippen LogP contribution in [0.2, 0.25) is 0 Å². The molecule has 256 valence electrons. The molecule has 2 aliphatic carbocycles. The summed E-state index contributed by atoms with van der Waals surface area (Å²) in [6, 6.07) is 45.0. The van der Waals surface area contributed by atoms with Crippen molar-refractivity contribution in [3.8, 4) is 45.3 Å². The van der Waals surface area contributed by atoms with E-state index in [0.29, 0.717) is 23.4 Å². The van der Waals surface area contributed by atoms with Crippen molar-refractivity contribution >= 4 is 22.9 Å². The Morgan fingerprint density at radius 3 is 1.89 bits per heavy atom. The highest BCUT2D eigenvalue weighted by atomic mass is 15.0. The Bertz CT molecular complexity index is 2450. The van der Waals surface area contributed by atoms with E-state index in [1.165, 1.54) is 27.8 Å². The summed E-state index contributed by atoms with van der Waals surface area (Å²) in [5.41, 5.74) is 13.6. The average Bonchev–Trinajstić information content (AvgIpc) is 3.22. The smallest absolute Gasteiger partial charge is 0.164 e. The van der Waals surface area contributed by atoms with Gasteiger partial charge in [-0.1, -0.05) is 140 Å². The number of dihydropyridines is 1. The molecule has 0 spiro atoms. The first kappa shape index (κ1) is 32.6. The first-order valence-corrected chi connectivity index (χ1v) is 18.5. The molecule has 0 N–H and O–H groups in total. The summed E-state index contributed by atoms with van der Waals surface area (Å²) in [5.74, 6) is 2.32. The topological polar surface area (TPSA) is 51.0 Å². The van der Waals surface area contributed by atoms with E-state index in [-0.39, 0.29) is 11.5 Å². The third kappa shape index (κ3) is 6.21. The summed E-state index contributed by atoms with van der Waals surface area (Å²) in [7, 11) is 0. The van der Waals surface area contributed by atoms with Gasteiger partial charge in [0, 0.05) is 33.7 Å². The lowest BCUT2D eigenvalue weighted by molar-refractivity contribution is 0.485. The highest BCUT2D eigenvalue weighted by Crippen LogP contribution is 2.42. The van der Waals surface area contributed by atoms with Crippen molar-refractivity contribution in [2.45, 2.75) is 38.6 Å². The van der Waals surface area contributed by atoms with Gasteiger partial charge in [-0.05, 0) is 96.0 Å². The van der Waals surface area contributed by atoms with E-state index < -0.39 is 0 Å². The fraction of sp³-hybridized carbons (Fsp3) is 0.143. The third-order valence-corrected chi connectivity index (χ3v) is 11.1. The van der Waals surface area contributed by atoms with E-state index in [4.69, 9.17) is 19.9 Å². The summed E-state index contributed by atoms with van der Waals surface area (Å²) >= 11 is 0. The molecule has 0 fully saturated rings. The molecule has 0 amide bonds. The molecule has 3 atom stereocenters. The lowest BCUT2D eigenvalue weighted by Crippen LogP contribution is -2.34. The molecule has 5 aromatic carbocycles. The van der Waals surface area contributed by atoms with Gasteiger partial charge in [0.05, 0.1) is 6.04 Å². The van der Waals surface area contributed by atoms with Crippen molar-refractivity contribution in [2.24, 2.45) is 10.9 Å². The SMILES string of the molecule is CC1=NC(C)C(C)(c2ccc(-c3cc(C4=CCC5C=Cc6ccccc6C5=C4)cc(-c4nc(-c5ccccc5)nc(-c5ccccc5)n4)c3)cc2)C=C1. The van der Waals surface area contributed by atoms with Crippen LogP contribution in [0.5, 0.6) is 0 Å². The van der Waals surface area contributed by atoms with Gasteiger partial charge in [0.1, 0.15) is 0 Å². The van der Waals surface area contributed by atoms with Crippen LogP contribution < -0.4 is 0 Å². The standard InChI is InChI=1S/C49H40N4/c1-32-26-27-49(3,33(2)50-32)43-24-22-34(23-25-43)40-28-41(39-21-20-36-19-18-35-12-10-11-17-44(35)45(36)31-39)30-42(29-40)48-52-46(37-13-6-4-7-14-37)51-47(53-48)38-15-8-5-9-16-38/h4-19,21-31,33,36H,20H2,1-3H3. The molecule has 1 aromatic heterocycles. The van der Waals surface area contributed by atoms with Gasteiger partial charge >= 0.3 is 0 Å². The summed E-state index contributed by atoms with van der Waals surface area (Å²) in [5, 5.41) is 0. The number of allylic oxidation sites excluding steroid dienone is 6. The van der Waals surface area contributed by atoms with Crippen LogP contribution in [-0.4, -0.2) is 26.7 Å². The minimum absolute atomic E-state index is 0.157. The van der Waals surface area contributed by atoms with E-state index in [9.17, 15) is 0 Å². The zero-order valence-corrected chi connectivity index (χ0v) is 30.2. The number of nitrogens with zero attached hydrogens (tertiary/aromatic N) is 4. The molecule has 9 rings (SSSR count). The molecule has 0 saturated carbocycles. The highest BCUT2D eigenvalue weighted by Gasteiger charge is 2.32. The Balaban J connectivity index is 1.20. The van der Waals surface area contributed by atoms with Crippen molar-refractivity contribution in [1.82, 2.24) is 15.0 Å². The van der Waals surface area contributed by atoms with Crippen LogP contribution in [0.3, 0.4) is 0 Å². The number of benzene rings is 5. The predicted molar refractivity (Wildman–Crippen MR) is 220 cm³/mol. The van der Waals surface area contributed by atoms with E-state index in [2.05, 4.69) is 148 Å². The number of hydrogen-bond acceptors (Lipinski definition) is 4. The number of fused-ring (bicyclic) bond motifs is 3. The minimum atomic E-state index is -0.169. The monoisotopic (exact) mass is 684 g/mol. The zero-order valence-electron chi connectivity index (χ0n) is 30.2. The lowest BCUT2D eigenvalue weighted by atomic mass is 9.74. The molecule has 4 heteroatoms. The summed E-state index contributed by atoms with van der Waals surface area (Å²) in [4.78, 5) is 20.1. The maximum absolute atomic E-state index is 5.13. The van der Waals surface area contributed by atoms with Crippen molar-refractivity contribution in [3.63, 3.8) is 0 Å². The summed E-state index contributed by atoms with van der Waals surface area (Å²) in [6.45, 7) is 6.55. The van der Waals surface area contributed by atoms with Crippen LogP contribution in [0.15, 0.2) is 163 Å². The van der Waals surface area contributed by atoms with Crippen LogP contribution >= 0.6 is 0 Å². The molecule has 0 saturated heterocycles. The van der Waals surface area contributed by atoms with E-state index in [1.807, 2.05) is 36.4 Å². The molecule has 3 aliphatic rings. The Hall–Kier alpha value is -6.26. The third-order valence-electron chi connectivity index (χ3n) is 11.1. The van der Waals surface area contributed by atoms with Gasteiger partial charge in [-0.2, -0.15) is 0 Å². The van der Waals surface area contributed by atoms with Crippen molar-refractivity contribution in [3.05, 3.63) is 180 Å². The first-order valence-electron chi connectivity index (χ1n) is 18.5. The van der Waals surface area contributed by atoms with E-state index in [0.717, 1.165) is 45.5 Å². The molecule has 2 heterocycles. The fourth-order valence-electron chi connectivity index (χ4n) is 7.80. The second-order valence-electron chi connectivity index (χ2n) is 14.5. The fourth-order valence-corrected chi connectivity index (χ4v) is 7.80. The summed E-state index contributed by atoms with van der Waals surface area (Å²) < 4.78 is 0. The van der Waals surface area contributed by atoms with Crippen molar-refractivity contribution in [1.29, 1.82) is 0 Å². The number of aromatic nitrogens is 3. The van der Waals surface area contributed by atoms with Crippen molar-refractivity contribution in [2.75, 3.05) is 0 Å². The maximum Gasteiger partial charge on any atom is 0.164 e. The van der Waals surface area contributed by atoms with Gasteiger partial charge in [-0.25, -0.2) is 15.0 Å². The Morgan fingerprint density at radius 1 is 0.604 bits per heavy atom. The molecule has 1 aliphatic heterocycles. The molecule has 6 aromatic rings. The quantitative estimate of drug-likeness (QED) is 0.175. The van der Waals surface area contributed by atoms with Gasteiger partial charge in [0.2, 0.25) is 0 Å². The van der Waals surface area contributed by atoms with Gasteiger partial charge in [-0.3, -0.25) is 4.99 Å². The summed E-state index contributed by atoms with van der Waals surface area (Å²) in [6.07, 6.45) is 14.8. The number of rotatable bonds is 6. The second-order valence-corrected chi connectivity index (χ2v) is 14.5. The van der Waals surface area contributed by atoms with Gasteiger partial charge in [0.15, 0.2) is 17.5 Å². The van der Waals surface area contributed by atoms with Gasteiger partial charge in [-0.15, -0.1) is 0 Å². The normalized spacial score (nSPS) is 20.2. The number of hydrogen-bond donors (Lipinski definition) is 0. The maximum atomic E-state index is 5.13. The zero-order chi connectivity index (χ0) is 35.9. The molecular formula is C49H40N4. The molecule has 0 bridgehead atoms. The van der Waals surface area contributed by atoms with E-state index in [1.54, 1.807) is 0 Å². The van der Waals surface area contributed by atoms with Crippen LogP contribution in [0, 0.1) is 5.92 Å². The van der Waals surface area contributed by atoms with Crippen LogP contribution in [0.4, 0.5) is 0 Å². The van der Waals surface area contributed by atoms with Crippen molar-refractivity contribution < 1.29 is 0 Å². The number of aliphatic imine (C=N–C) groups is 1. The largest absolute Gasteiger partial charge is 0.286 e. The van der Waals surface area contributed by atoms with Gasteiger partial charge < -0.3 is 0 Å². The molecule has 4 nitrogen and oxygen atoms in total. The molecule has 3 unspecified atom stereocenters. The Kier molecular flexibility index (Phi) is 8.23. The Labute approximate surface area is 311 Å².